The lowest BCUT2D eigenvalue weighted by molar-refractivity contribution is 0.102. The molecule has 0 unspecified atom stereocenters. The summed E-state index contributed by atoms with van der Waals surface area (Å²) in [7, 11) is 0. The number of aromatic nitrogens is 2. The fraction of sp³-hybridized carbons (Fsp3) is 0.0625. The van der Waals surface area contributed by atoms with Gasteiger partial charge in [0.2, 0.25) is 5.82 Å². The van der Waals surface area contributed by atoms with Gasteiger partial charge in [0.1, 0.15) is 0 Å². The third-order valence-electron chi connectivity index (χ3n) is 3.13. The molecule has 22 heavy (non-hydrogen) atoms. The molecule has 2 aromatic carbocycles. The summed E-state index contributed by atoms with van der Waals surface area (Å²) in [5, 5.41) is 10.8. The third kappa shape index (κ3) is 2.99. The number of anilines is 1. The molecule has 0 spiro atoms. The molecule has 3 aromatic rings. The van der Waals surface area contributed by atoms with E-state index >= 15 is 0 Å². The number of benzene rings is 2. The average molecular weight is 314 g/mol. The van der Waals surface area contributed by atoms with Crippen LogP contribution in [0.1, 0.15) is 15.9 Å². The lowest BCUT2D eigenvalue weighted by atomic mass is 10.1. The normalized spacial score (nSPS) is 10.5. The Balaban J connectivity index is 1.86. The van der Waals surface area contributed by atoms with E-state index in [9.17, 15) is 4.79 Å². The van der Waals surface area contributed by atoms with Gasteiger partial charge in [0.25, 0.3) is 5.91 Å². The van der Waals surface area contributed by atoms with Crippen LogP contribution in [0.25, 0.3) is 11.3 Å². The van der Waals surface area contributed by atoms with Crippen molar-refractivity contribution in [3.63, 3.8) is 0 Å². The van der Waals surface area contributed by atoms with Gasteiger partial charge in [-0.25, -0.2) is 4.63 Å². The van der Waals surface area contributed by atoms with Crippen LogP contribution in [0, 0.1) is 6.92 Å². The third-order valence-corrected chi connectivity index (χ3v) is 3.37. The van der Waals surface area contributed by atoms with E-state index in [0.717, 1.165) is 11.1 Å². The minimum Gasteiger partial charge on any atom is -0.302 e. The van der Waals surface area contributed by atoms with Gasteiger partial charge in [-0.1, -0.05) is 47.5 Å². The van der Waals surface area contributed by atoms with E-state index in [1.54, 1.807) is 24.3 Å². The number of rotatable bonds is 3. The van der Waals surface area contributed by atoms with Crippen molar-refractivity contribution in [1.82, 2.24) is 10.3 Å². The predicted octanol–water partition coefficient (Wildman–Crippen LogP) is 3.95. The number of nitrogens with one attached hydrogen (secondary N) is 1. The van der Waals surface area contributed by atoms with Crippen LogP contribution in [0.3, 0.4) is 0 Å². The first-order valence-electron chi connectivity index (χ1n) is 6.60. The van der Waals surface area contributed by atoms with E-state index < -0.39 is 0 Å². The van der Waals surface area contributed by atoms with Crippen LogP contribution in [0.5, 0.6) is 0 Å². The molecule has 1 aromatic heterocycles. The second-order valence-corrected chi connectivity index (χ2v) is 5.23. The van der Waals surface area contributed by atoms with Gasteiger partial charge in [0, 0.05) is 16.1 Å². The number of carbonyl (C=O) groups is 1. The first-order valence-corrected chi connectivity index (χ1v) is 6.98. The van der Waals surface area contributed by atoms with Crippen molar-refractivity contribution < 1.29 is 9.42 Å². The van der Waals surface area contributed by atoms with Crippen molar-refractivity contribution in [1.29, 1.82) is 0 Å². The molecule has 110 valence electrons. The Morgan fingerprint density at radius 1 is 1.14 bits per heavy atom. The minimum absolute atomic E-state index is 0.272. The number of hydrogen-bond acceptors (Lipinski definition) is 4. The van der Waals surface area contributed by atoms with Gasteiger partial charge in [0.15, 0.2) is 5.69 Å². The molecule has 5 nitrogen and oxygen atoms in total. The topological polar surface area (TPSA) is 68.0 Å². The largest absolute Gasteiger partial charge is 0.302 e. The van der Waals surface area contributed by atoms with Crippen LogP contribution in [0.2, 0.25) is 5.02 Å². The Kier molecular flexibility index (Phi) is 3.89. The Bertz CT molecular complexity index is 812. The Labute approximate surface area is 131 Å². The second-order valence-electron chi connectivity index (χ2n) is 4.79. The highest BCUT2D eigenvalue weighted by Gasteiger charge is 2.16. The van der Waals surface area contributed by atoms with Crippen molar-refractivity contribution in [2.75, 3.05) is 5.32 Å². The van der Waals surface area contributed by atoms with Gasteiger partial charge in [-0.2, -0.15) is 0 Å². The van der Waals surface area contributed by atoms with Crippen molar-refractivity contribution in [3.05, 3.63) is 64.7 Å². The molecule has 1 heterocycles. The van der Waals surface area contributed by atoms with Gasteiger partial charge in [-0.05, 0) is 35.4 Å². The molecule has 0 saturated heterocycles. The summed E-state index contributed by atoms with van der Waals surface area (Å²) in [6.45, 7) is 1.99. The van der Waals surface area contributed by atoms with Gasteiger partial charge in [-0.3, -0.25) is 4.79 Å². The minimum atomic E-state index is -0.327. The van der Waals surface area contributed by atoms with Crippen LogP contribution in [-0.2, 0) is 0 Å². The van der Waals surface area contributed by atoms with Crippen LogP contribution in [0.15, 0.2) is 53.2 Å². The summed E-state index contributed by atoms with van der Waals surface area (Å²) in [6.07, 6.45) is 0. The van der Waals surface area contributed by atoms with Crippen molar-refractivity contribution >= 4 is 23.3 Å². The molecular formula is C16H12ClN3O2. The van der Waals surface area contributed by atoms with Crippen LogP contribution >= 0.6 is 11.6 Å². The highest BCUT2D eigenvalue weighted by molar-refractivity contribution is 6.31. The Morgan fingerprint density at radius 3 is 2.64 bits per heavy atom. The molecule has 0 saturated carbocycles. The lowest BCUT2D eigenvalue weighted by Crippen LogP contribution is -2.12. The SMILES string of the molecule is Cc1ccc(-c2nonc2NC(=O)c2cccc(Cl)c2)cc1. The van der Waals surface area contributed by atoms with E-state index in [0.29, 0.717) is 16.3 Å². The van der Waals surface area contributed by atoms with Gasteiger partial charge >= 0.3 is 0 Å². The van der Waals surface area contributed by atoms with Gasteiger partial charge < -0.3 is 5.32 Å². The van der Waals surface area contributed by atoms with Crippen LogP contribution < -0.4 is 5.32 Å². The molecule has 3 rings (SSSR count). The van der Waals surface area contributed by atoms with E-state index in [4.69, 9.17) is 16.2 Å². The lowest BCUT2D eigenvalue weighted by Gasteiger charge is -2.04. The summed E-state index contributed by atoms with van der Waals surface area (Å²) in [6, 6.07) is 14.3. The summed E-state index contributed by atoms with van der Waals surface area (Å²) < 4.78 is 4.75. The van der Waals surface area contributed by atoms with Crippen molar-refractivity contribution in [2.45, 2.75) is 6.92 Å². The first kappa shape index (κ1) is 14.3. The van der Waals surface area contributed by atoms with Crippen LogP contribution in [0.4, 0.5) is 5.82 Å². The molecule has 1 amide bonds. The van der Waals surface area contributed by atoms with Gasteiger partial charge in [0.05, 0.1) is 0 Å². The number of nitrogens with zero attached hydrogens (tertiary/aromatic N) is 2. The van der Waals surface area contributed by atoms with E-state index in [1.807, 2.05) is 31.2 Å². The zero-order chi connectivity index (χ0) is 15.5. The maximum atomic E-state index is 12.2. The summed E-state index contributed by atoms with van der Waals surface area (Å²) in [5.74, 6) is -0.0552. The number of amides is 1. The number of carbonyl (C=O) groups excluding carboxylic acids is 1. The number of hydrogen-bond donors (Lipinski definition) is 1. The summed E-state index contributed by atoms with van der Waals surface area (Å²) in [4.78, 5) is 12.2. The summed E-state index contributed by atoms with van der Waals surface area (Å²) in [5.41, 5.74) is 2.86. The van der Waals surface area contributed by atoms with Gasteiger partial charge in [-0.15, -0.1) is 0 Å². The Morgan fingerprint density at radius 2 is 1.91 bits per heavy atom. The molecule has 6 heteroatoms. The molecule has 0 fully saturated rings. The maximum Gasteiger partial charge on any atom is 0.257 e. The molecule has 0 bridgehead atoms. The number of halogens is 1. The first-order chi connectivity index (χ1) is 10.6. The van der Waals surface area contributed by atoms with E-state index in [2.05, 4.69) is 15.6 Å². The quantitative estimate of drug-likeness (QED) is 0.795. The van der Waals surface area contributed by atoms with E-state index in [-0.39, 0.29) is 11.7 Å². The summed E-state index contributed by atoms with van der Waals surface area (Å²) >= 11 is 5.89. The zero-order valence-corrected chi connectivity index (χ0v) is 12.5. The fourth-order valence-corrected chi connectivity index (χ4v) is 2.17. The second kappa shape index (κ2) is 5.99. The fourth-order valence-electron chi connectivity index (χ4n) is 1.98. The smallest absolute Gasteiger partial charge is 0.257 e. The van der Waals surface area contributed by atoms with Crippen LogP contribution in [-0.4, -0.2) is 16.2 Å². The monoisotopic (exact) mass is 313 g/mol. The highest BCUT2D eigenvalue weighted by atomic mass is 35.5. The number of aryl methyl sites for hydroxylation is 1. The van der Waals surface area contributed by atoms with Crippen molar-refractivity contribution in [3.8, 4) is 11.3 Å². The maximum absolute atomic E-state index is 12.2. The zero-order valence-electron chi connectivity index (χ0n) is 11.7. The predicted molar refractivity (Wildman–Crippen MR) is 83.9 cm³/mol. The standard InChI is InChI=1S/C16H12ClN3O2/c1-10-5-7-11(8-6-10)14-15(20-22-19-14)18-16(21)12-3-2-4-13(17)9-12/h2-9H,1H3,(H,18,20,21). The molecule has 0 aliphatic carbocycles. The molecule has 0 aliphatic heterocycles. The molecule has 0 aliphatic rings. The molecular weight excluding hydrogens is 302 g/mol. The average Bonchev–Trinajstić information content (AvgIpc) is 2.96. The Hall–Kier alpha value is -2.66. The highest BCUT2D eigenvalue weighted by Crippen LogP contribution is 2.25. The van der Waals surface area contributed by atoms with Crippen molar-refractivity contribution in [2.24, 2.45) is 0 Å². The molecule has 1 N–H and O–H groups in total. The molecule has 0 atom stereocenters. The van der Waals surface area contributed by atoms with E-state index in [1.165, 1.54) is 0 Å². The molecule has 0 radical (unpaired) electrons.